The minimum atomic E-state index is -1.62. The van der Waals surface area contributed by atoms with E-state index in [1.807, 2.05) is 37.3 Å². The van der Waals surface area contributed by atoms with Gasteiger partial charge in [-0.25, -0.2) is 5.06 Å². The molecule has 0 saturated heterocycles. The van der Waals surface area contributed by atoms with Gasteiger partial charge in [-0.2, -0.15) is 0 Å². The van der Waals surface area contributed by atoms with Crippen LogP contribution >= 0.6 is 0 Å². The van der Waals surface area contributed by atoms with Gasteiger partial charge in [0.15, 0.2) is 12.1 Å². The molecule has 0 unspecified atom stereocenters. The van der Waals surface area contributed by atoms with Crippen molar-refractivity contribution in [3.05, 3.63) is 83.6 Å². The molecule has 3 rings (SSSR count). The summed E-state index contributed by atoms with van der Waals surface area (Å²) in [5.74, 6) is -0.925. The Morgan fingerprint density at radius 2 is 1.78 bits per heavy atom. The molecule has 2 atom stereocenters. The van der Waals surface area contributed by atoms with Crippen molar-refractivity contribution in [3.63, 3.8) is 0 Å². The van der Waals surface area contributed by atoms with Crippen molar-refractivity contribution < 1.29 is 33.9 Å². The van der Waals surface area contributed by atoms with Gasteiger partial charge in [0.2, 0.25) is 12.3 Å². The zero-order valence-corrected chi connectivity index (χ0v) is 23.5. The normalized spacial score (nSPS) is 12.5. The first-order valence-corrected chi connectivity index (χ1v) is 13.9. The molecule has 0 fully saturated rings. The number of rotatable bonds is 17. The van der Waals surface area contributed by atoms with Crippen molar-refractivity contribution in [3.8, 4) is 11.3 Å². The summed E-state index contributed by atoms with van der Waals surface area (Å²) in [4.78, 5) is 43.8. The number of aliphatic hydroxyl groups is 2. The Bertz CT molecular complexity index is 1250. The number of hydroxylamine groups is 2. The van der Waals surface area contributed by atoms with E-state index in [1.165, 1.54) is 11.1 Å². The van der Waals surface area contributed by atoms with E-state index in [0.717, 1.165) is 24.8 Å². The van der Waals surface area contributed by atoms with Gasteiger partial charge in [-0.05, 0) is 36.6 Å². The second kappa shape index (κ2) is 16.3. The molecule has 1 aromatic heterocycles. The highest BCUT2D eigenvalue weighted by molar-refractivity contribution is 5.92. The number of carbonyl (C=O) groups excluding carboxylic acids is 3. The van der Waals surface area contributed by atoms with E-state index >= 15 is 0 Å². The quantitative estimate of drug-likeness (QED) is 0.0828. The molecule has 0 aliphatic carbocycles. The molecule has 3 aromatic rings. The van der Waals surface area contributed by atoms with Crippen LogP contribution in [0.15, 0.2) is 71.1 Å². The van der Waals surface area contributed by atoms with Gasteiger partial charge in [0.1, 0.15) is 12.4 Å². The standard InChI is InChI=1S/C31H39N3O7/c1-3-5-7-15-25(26(4-2)34(21-35)40-19-22-11-8-6-9-12-22)29(36)32-20-33-30(37)28-17-16-27(41-28)23-13-10-14-24(18-23)31(38)39/h6,8-14,16-18,21,25-26,31,38-39H,3-5,7,15,19-20H2,1-2H3,(H,32,36)(H,33,37)/t25-,26-/m1/s1. The number of nitrogens with zero attached hydrogens (tertiary/aromatic N) is 1. The topological polar surface area (TPSA) is 141 Å². The van der Waals surface area contributed by atoms with E-state index in [0.29, 0.717) is 36.1 Å². The summed E-state index contributed by atoms with van der Waals surface area (Å²) < 4.78 is 5.65. The van der Waals surface area contributed by atoms with Crippen LogP contribution in [0.3, 0.4) is 0 Å². The summed E-state index contributed by atoms with van der Waals surface area (Å²) in [7, 11) is 0. The number of nitrogens with one attached hydrogen (secondary N) is 2. The third kappa shape index (κ3) is 9.28. The molecule has 1 heterocycles. The Morgan fingerprint density at radius 1 is 1.00 bits per heavy atom. The molecule has 41 heavy (non-hydrogen) atoms. The van der Waals surface area contributed by atoms with Gasteiger partial charge in [-0.1, -0.05) is 81.6 Å². The van der Waals surface area contributed by atoms with Gasteiger partial charge in [0.05, 0.1) is 18.6 Å². The van der Waals surface area contributed by atoms with Gasteiger partial charge in [0, 0.05) is 11.1 Å². The molecule has 2 aromatic carbocycles. The molecule has 10 heteroatoms. The van der Waals surface area contributed by atoms with E-state index in [9.17, 15) is 24.6 Å². The minimum absolute atomic E-state index is 0.0385. The van der Waals surface area contributed by atoms with Crippen LogP contribution in [0.5, 0.6) is 0 Å². The molecular formula is C31H39N3O7. The first-order chi connectivity index (χ1) is 19.9. The van der Waals surface area contributed by atoms with E-state index in [-0.39, 0.29) is 24.9 Å². The van der Waals surface area contributed by atoms with Crippen LogP contribution in [-0.2, 0) is 21.0 Å². The van der Waals surface area contributed by atoms with E-state index in [1.54, 1.807) is 30.3 Å². The maximum absolute atomic E-state index is 13.3. The lowest BCUT2D eigenvalue weighted by atomic mass is 9.90. The van der Waals surface area contributed by atoms with Crippen molar-refractivity contribution in [1.29, 1.82) is 0 Å². The lowest BCUT2D eigenvalue weighted by Crippen LogP contribution is -2.48. The van der Waals surface area contributed by atoms with Crippen molar-refractivity contribution in [1.82, 2.24) is 15.7 Å². The second-order valence-electron chi connectivity index (χ2n) is 9.69. The Balaban J connectivity index is 1.61. The number of furan rings is 1. The third-order valence-corrected chi connectivity index (χ3v) is 6.80. The summed E-state index contributed by atoms with van der Waals surface area (Å²) in [6.45, 7) is 4.05. The smallest absolute Gasteiger partial charge is 0.288 e. The first-order valence-electron chi connectivity index (χ1n) is 13.9. The SMILES string of the molecule is CCCCC[C@@H](C(=O)NCNC(=O)c1ccc(-c2cccc(C(O)O)c2)o1)[C@@H](CC)N(C=O)OCc1ccccc1. The second-order valence-corrected chi connectivity index (χ2v) is 9.69. The van der Waals surface area contributed by atoms with Gasteiger partial charge in [-0.15, -0.1) is 0 Å². The summed E-state index contributed by atoms with van der Waals surface area (Å²) in [5.41, 5.74) is 1.78. The molecule has 0 bridgehead atoms. The fourth-order valence-electron chi connectivity index (χ4n) is 4.58. The van der Waals surface area contributed by atoms with E-state index in [4.69, 9.17) is 9.25 Å². The van der Waals surface area contributed by atoms with Crippen LogP contribution in [0.4, 0.5) is 0 Å². The third-order valence-electron chi connectivity index (χ3n) is 6.80. The van der Waals surface area contributed by atoms with Crippen LogP contribution in [0.25, 0.3) is 11.3 Å². The molecule has 4 N–H and O–H groups in total. The zero-order valence-electron chi connectivity index (χ0n) is 23.5. The molecule has 3 amide bonds. The van der Waals surface area contributed by atoms with Crippen molar-refractivity contribution in [2.75, 3.05) is 6.67 Å². The Kier molecular flexibility index (Phi) is 12.6. The molecule has 0 saturated carbocycles. The molecule has 0 aliphatic rings. The number of benzene rings is 2. The highest BCUT2D eigenvalue weighted by atomic mass is 16.7. The van der Waals surface area contributed by atoms with Crippen molar-refractivity contribution in [2.24, 2.45) is 5.92 Å². The summed E-state index contributed by atoms with van der Waals surface area (Å²) in [6.07, 6.45) is 2.81. The summed E-state index contributed by atoms with van der Waals surface area (Å²) in [6, 6.07) is 18.6. The molecular weight excluding hydrogens is 526 g/mol. The van der Waals surface area contributed by atoms with Crippen LogP contribution in [0.1, 0.15) is 73.9 Å². The van der Waals surface area contributed by atoms with Gasteiger partial charge >= 0.3 is 0 Å². The largest absolute Gasteiger partial charge is 0.451 e. The van der Waals surface area contributed by atoms with Gasteiger partial charge < -0.3 is 25.3 Å². The van der Waals surface area contributed by atoms with Crippen molar-refractivity contribution in [2.45, 2.75) is 64.9 Å². The lowest BCUT2D eigenvalue weighted by molar-refractivity contribution is -0.200. The van der Waals surface area contributed by atoms with E-state index < -0.39 is 24.2 Å². The average Bonchev–Trinajstić information content (AvgIpc) is 3.49. The maximum Gasteiger partial charge on any atom is 0.288 e. The minimum Gasteiger partial charge on any atom is -0.451 e. The fourth-order valence-corrected chi connectivity index (χ4v) is 4.58. The number of aliphatic hydroxyl groups excluding tert-OH is 1. The summed E-state index contributed by atoms with van der Waals surface area (Å²) in [5, 5.41) is 25.4. The number of carbonyl (C=O) groups is 3. The number of hydrogen-bond acceptors (Lipinski definition) is 7. The predicted octanol–water partition coefficient (Wildman–Crippen LogP) is 4.30. The number of amides is 3. The predicted molar refractivity (Wildman–Crippen MR) is 153 cm³/mol. The highest BCUT2D eigenvalue weighted by Crippen LogP contribution is 2.25. The van der Waals surface area contributed by atoms with E-state index in [2.05, 4.69) is 17.6 Å². The van der Waals surface area contributed by atoms with Gasteiger partial charge in [0.25, 0.3) is 5.91 Å². The maximum atomic E-state index is 13.3. The average molecular weight is 566 g/mol. The van der Waals surface area contributed by atoms with Crippen LogP contribution in [0.2, 0.25) is 0 Å². The zero-order chi connectivity index (χ0) is 29.6. The first kappa shape index (κ1) is 31.5. The molecule has 0 radical (unpaired) electrons. The fraction of sp³-hybridized carbons (Fsp3) is 0.387. The lowest BCUT2D eigenvalue weighted by Gasteiger charge is -2.32. The summed E-state index contributed by atoms with van der Waals surface area (Å²) >= 11 is 0. The van der Waals surface area contributed by atoms with Crippen LogP contribution in [0, 0.1) is 5.92 Å². The molecule has 0 aliphatic heterocycles. The van der Waals surface area contributed by atoms with Gasteiger partial charge in [-0.3, -0.25) is 19.2 Å². The molecule has 10 nitrogen and oxygen atoms in total. The van der Waals surface area contributed by atoms with Crippen molar-refractivity contribution >= 4 is 18.2 Å². The van der Waals surface area contributed by atoms with Crippen LogP contribution in [-0.4, -0.2) is 46.2 Å². The molecule has 220 valence electrons. The molecule has 0 spiro atoms. The number of hydrogen-bond donors (Lipinski definition) is 4. The number of unbranched alkanes of at least 4 members (excludes halogenated alkanes) is 2. The monoisotopic (exact) mass is 565 g/mol. The Labute approximate surface area is 240 Å². The van der Waals surface area contributed by atoms with Crippen LogP contribution < -0.4 is 10.6 Å². The highest BCUT2D eigenvalue weighted by Gasteiger charge is 2.32. The Morgan fingerprint density at radius 3 is 2.46 bits per heavy atom. The Hall–Kier alpha value is -3.99.